The fourth-order valence-electron chi connectivity index (χ4n) is 1.47. The molecular formula is C13H19NO4. The lowest BCUT2D eigenvalue weighted by molar-refractivity contribution is -0.139. The molecule has 100 valence electrons. The number of hydrogen-bond donors (Lipinski definition) is 2. The minimum absolute atomic E-state index is 0.0358. The van der Waals surface area contributed by atoms with Crippen molar-refractivity contribution >= 4 is 11.9 Å². The molecule has 0 fully saturated rings. The van der Waals surface area contributed by atoms with Gasteiger partial charge >= 0.3 is 5.97 Å². The van der Waals surface area contributed by atoms with Gasteiger partial charge in [-0.3, -0.25) is 4.79 Å². The van der Waals surface area contributed by atoms with Gasteiger partial charge in [-0.05, 0) is 24.3 Å². The zero-order valence-electron chi connectivity index (χ0n) is 10.9. The number of aliphatic carboxylic acids is 1. The van der Waals surface area contributed by atoms with Gasteiger partial charge in [0.05, 0.1) is 11.8 Å². The third-order valence-electron chi connectivity index (χ3n) is 2.57. The van der Waals surface area contributed by atoms with E-state index < -0.39 is 17.9 Å². The van der Waals surface area contributed by atoms with Crippen LogP contribution in [0.2, 0.25) is 0 Å². The second-order valence-corrected chi connectivity index (χ2v) is 5.48. The van der Waals surface area contributed by atoms with Gasteiger partial charge in [0.15, 0.2) is 0 Å². The molecule has 0 spiro atoms. The van der Waals surface area contributed by atoms with Crippen molar-refractivity contribution in [3.8, 4) is 0 Å². The molecule has 1 aromatic heterocycles. The summed E-state index contributed by atoms with van der Waals surface area (Å²) >= 11 is 0. The predicted octanol–water partition coefficient (Wildman–Crippen LogP) is 2.29. The van der Waals surface area contributed by atoms with Crippen molar-refractivity contribution in [2.24, 2.45) is 5.41 Å². The Labute approximate surface area is 106 Å². The molecule has 0 bridgehead atoms. The molecule has 0 saturated carbocycles. The standard InChI is InChI=1S/C13H19NO4/c1-13(2,3)6-4-10(12(16)17)14-11(15)9-5-7-18-8-9/h5,7-8,10H,4,6H2,1-3H3,(H,14,15)(H,16,17). The molecule has 0 aromatic carbocycles. The lowest BCUT2D eigenvalue weighted by Crippen LogP contribution is -2.41. The Kier molecular flexibility index (Phi) is 4.53. The summed E-state index contributed by atoms with van der Waals surface area (Å²) in [5.41, 5.74) is 0.366. The molecule has 5 heteroatoms. The van der Waals surface area contributed by atoms with Gasteiger partial charge in [0.1, 0.15) is 12.3 Å². The molecule has 0 aliphatic rings. The zero-order chi connectivity index (χ0) is 13.8. The van der Waals surface area contributed by atoms with Crippen LogP contribution in [-0.2, 0) is 4.79 Å². The van der Waals surface area contributed by atoms with Gasteiger partial charge in [0, 0.05) is 0 Å². The number of rotatable bonds is 5. The number of carboxylic acids is 1. The van der Waals surface area contributed by atoms with Gasteiger partial charge in [-0.15, -0.1) is 0 Å². The van der Waals surface area contributed by atoms with E-state index in [-0.39, 0.29) is 5.41 Å². The first-order valence-electron chi connectivity index (χ1n) is 5.85. The summed E-state index contributed by atoms with van der Waals surface area (Å²) in [5.74, 6) is -1.44. The molecule has 1 aromatic rings. The first-order valence-corrected chi connectivity index (χ1v) is 5.85. The van der Waals surface area contributed by atoms with Crippen LogP contribution in [0, 0.1) is 5.41 Å². The van der Waals surface area contributed by atoms with Gasteiger partial charge in [-0.1, -0.05) is 20.8 Å². The maximum Gasteiger partial charge on any atom is 0.326 e. The Bertz CT molecular complexity index is 403. The average molecular weight is 253 g/mol. The summed E-state index contributed by atoms with van der Waals surface area (Å²) in [5, 5.41) is 11.6. The van der Waals surface area contributed by atoms with Crippen LogP contribution < -0.4 is 5.32 Å². The maximum atomic E-state index is 11.7. The molecule has 18 heavy (non-hydrogen) atoms. The number of carbonyl (C=O) groups excluding carboxylic acids is 1. The molecule has 1 atom stereocenters. The van der Waals surface area contributed by atoms with Crippen LogP contribution in [0.3, 0.4) is 0 Å². The van der Waals surface area contributed by atoms with Crippen molar-refractivity contribution < 1.29 is 19.1 Å². The molecule has 0 aliphatic carbocycles. The van der Waals surface area contributed by atoms with Crippen LogP contribution in [0.15, 0.2) is 23.0 Å². The van der Waals surface area contributed by atoms with E-state index in [0.717, 1.165) is 6.42 Å². The fraction of sp³-hybridized carbons (Fsp3) is 0.538. The van der Waals surface area contributed by atoms with Crippen molar-refractivity contribution in [3.63, 3.8) is 0 Å². The Morgan fingerprint density at radius 3 is 2.56 bits per heavy atom. The van der Waals surface area contributed by atoms with Gasteiger partial charge < -0.3 is 14.8 Å². The van der Waals surface area contributed by atoms with E-state index in [1.165, 1.54) is 18.6 Å². The summed E-state index contributed by atoms with van der Waals surface area (Å²) in [6.07, 6.45) is 3.79. The van der Waals surface area contributed by atoms with Gasteiger partial charge in [0.2, 0.25) is 0 Å². The number of carboxylic acid groups (broad SMARTS) is 1. The quantitative estimate of drug-likeness (QED) is 0.843. The van der Waals surface area contributed by atoms with E-state index in [1.54, 1.807) is 0 Å². The van der Waals surface area contributed by atoms with Gasteiger partial charge in [-0.2, -0.15) is 0 Å². The molecule has 2 N–H and O–H groups in total. The summed E-state index contributed by atoms with van der Waals surface area (Å²) in [6, 6.07) is 0.629. The van der Waals surface area contributed by atoms with E-state index >= 15 is 0 Å². The van der Waals surface area contributed by atoms with Crippen LogP contribution >= 0.6 is 0 Å². The van der Waals surface area contributed by atoms with Crippen LogP contribution in [0.4, 0.5) is 0 Å². The number of nitrogens with one attached hydrogen (secondary N) is 1. The Morgan fingerprint density at radius 2 is 2.11 bits per heavy atom. The smallest absolute Gasteiger partial charge is 0.326 e. The third kappa shape index (κ3) is 4.61. The molecule has 0 radical (unpaired) electrons. The summed E-state index contributed by atoms with van der Waals surface area (Å²) in [4.78, 5) is 22.8. The first-order chi connectivity index (χ1) is 8.29. The van der Waals surface area contributed by atoms with Crippen molar-refractivity contribution in [3.05, 3.63) is 24.2 Å². The number of hydrogen-bond acceptors (Lipinski definition) is 3. The van der Waals surface area contributed by atoms with Crippen molar-refractivity contribution in [1.29, 1.82) is 0 Å². The SMILES string of the molecule is CC(C)(C)CCC(NC(=O)c1ccoc1)C(=O)O. The van der Waals surface area contributed by atoms with Crippen molar-refractivity contribution in [2.75, 3.05) is 0 Å². The van der Waals surface area contributed by atoms with E-state index in [0.29, 0.717) is 12.0 Å². The van der Waals surface area contributed by atoms with E-state index in [2.05, 4.69) is 5.32 Å². The van der Waals surface area contributed by atoms with Crippen molar-refractivity contribution in [1.82, 2.24) is 5.32 Å². The largest absolute Gasteiger partial charge is 0.480 e. The highest BCUT2D eigenvalue weighted by atomic mass is 16.4. The van der Waals surface area contributed by atoms with Crippen LogP contribution in [-0.4, -0.2) is 23.0 Å². The predicted molar refractivity (Wildman–Crippen MR) is 66.3 cm³/mol. The first kappa shape index (κ1) is 14.3. The number of carbonyl (C=O) groups is 2. The zero-order valence-corrected chi connectivity index (χ0v) is 10.9. The maximum absolute atomic E-state index is 11.7. The Morgan fingerprint density at radius 1 is 1.44 bits per heavy atom. The Hall–Kier alpha value is -1.78. The second kappa shape index (κ2) is 5.71. The van der Waals surface area contributed by atoms with Crippen LogP contribution in [0.1, 0.15) is 44.0 Å². The summed E-state index contributed by atoms with van der Waals surface area (Å²) in [7, 11) is 0. The Balaban J connectivity index is 2.58. The molecular weight excluding hydrogens is 234 g/mol. The molecule has 0 aliphatic heterocycles. The normalized spacial score (nSPS) is 13.1. The molecule has 1 rings (SSSR count). The number of amides is 1. The van der Waals surface area contributed by atoms with Crippen molar-refractivity contribution in [2.45, 2.75) is 39.7 Å². The van der Waals surface area contributed by atoms with E-state index in [4.69, 9.17) is 9.52 Å². The number of furan rings is 1. The fourth-order valence-corrected chi connectivity index (χ4v) is 1.47. The highest BCUT2D eigenvalue weighted by Crippen LogP contribution is 2.21. The molecule has 1 amide bonds. The second-order valence-electron chi connectivity index (χ2n) is 5.48. The lowest BCUT2D eigenvalue weighted by Gasteiger charge is -2.21. The summed E-state index contributed by atoms with van der Waals surface area (Å²) < 4.78 is 4.78. The average Bonchev–Trinajstić information content (AvgIpc) is 2.75. The molecule has 1 heterocycles. The highest BCUT2D eigenvalue weighted by molar-refractivity contribution is 5.96. The van der Waals surface area contributed by atoms with Crippen LogP contribution in [0.5, 0.6) is 0 Å². The highest BCUT2D eigenvalue weighted by Gasteiger charge is 2.23. The summed E-state index contributed by atoms with van der Waals surface area (Å²) in [6.45, 7) is 6.09. The third-order valence-corrected chi connectivity index (χ3v) is 2.57. The van der Waals surface area contributed by atoms with Gasteiger partial charge in [-0.25, -0.2) is 4.79 Å². The van der Waals surface area contributed by atoms with Gasteiger partial charge in [0.25, 0.3) is 5.91 Å². The lowest BCUT2D eigenvalue weighted by atomic mass is 9.88. The minimum Gasteiger partial charge on any atom is -0.480 e. The van der Waals surface area contributed by atoms with Crippen LogP contribution in [0.25, 0.3) is 0 Å². The monoisotopic (exact) mass is 253 g/mol. The van der Waals surface area contributed by atoms with E-state index in [1.807, 2.05) is 20.8 Å². The molecule has 0 saturated heterocycles. The van der Waals surface area contributed by atoms with E-state index in [9.17, 15) is 9.59 Å². The minimum atomic E-state index is -1.02. The molecule has 5 nitrogen and oxygen atoms in total. The molecule has 1 unspecified atom stereocenters. The topological polar surface area (TPSA) is 79.5 Å².